The average molecular weight is 412 g/mol. The van der Waals surface area contributed by atoms with Gasteiger partial charge in [0.1, 0.15) is 11.6 Å². The molecule has 1 heterocycles. The molecule has 3 rings (SSSR count). The van der Waals surface area contributed by atoms with E-state index in [0.717, 1.165) is 37.3 Å². The van der Waals surface area contributed by atoms with Gasteiger partial charge in [-0.2, -0.15) is 5.26 Å². The van der Waals surface area contributed by atoms with Crippen molar-refractivity contribution < 1.29 is 18.4 Å². The van der Waals surface area contributed by atoms with Gasteiger partial charge in [-0.3, -0.25) is 14.5 Å². The zero-order chi connectivity index (χ0) is 21.5. The molecule has 156 valence electrons. The van der Waals surface area contributed by atoms with Crippen LogP contribution in [0.4, 0.5) is 8.78 Å². The molecule has 6 nitrogen and oxygen atoms in total. The van der Waals surface area contributed by atoms with Crippen molar-refractivity contribution in [3.63, 3.8) is 0 Å². The monoisotopic (exact) mass is 412 g/mol. The van der Waals surface area contributed by atoms with Gasteiger partial charge in [0.2, 0.25) is 5.91 Å². The van der Waals surface area contributed by atoms with Crippen LogP contribution < -0.4 is 5.32 Å². The van der Waals surface area contributed by atoms with Crippen LogP contribution in [0, 0.1) is 23.0 Å². The van der Waals surface area contributed by atoms with Crippen LogP contribution in [0.25, 0.3) is 0 Å². The van der Waals surface area contributed by atoms with E-state index < -0.39 is 17.5 Å². The van der Waals surface area contributed by atoms with Crippen molar-refractivity contribution in [2.45, 2.75) is 13.0 Å². The van der Waals surface area contributed by atoms with Gasteiger partial charge in [0.25, 0.3) is 5.91 Å². The van der Waals surface area contributed by atoms with Gasteiger partial charge in [0.15, 0.2) is 0 Å². The average Bonchev–Trinajstić information content (AvgIpc) is 2.74. The summed E-state index contributed by atoms with van der Waals surface area (Å²) in [5.41, 5.74) is 1.49. The van der Waals surface area contributed by atoms with Gasteiger partial charge in [-0.05, 0) is 29.8 Å². The minimum absolute atomic E-state index is 0.0760. The molecule has 0 radical (unpaired) electrons. The molecule has 2 aromatic rings. The van der Waals surface area contributed by atoms with Gasteiger partial charge in [-0.1, -0.05) is 12.1 Å². The first-order chi connectivity index (χ1) is 14.5. The molecule has 8 heteroatoms. The third-order valence-corrected chi connectivity index (χ3v) is 5.01. The molecule has 0 unspecified atom stereocenters. The lowest BCUT2D eigenvalue weighted by Crippen LogP contribution is -2.48. The molecular formula is C22H22F2N4O2. The number of carbonyl (C=O) groups excluding carboxylic acids is 2. The molecule has 1 saturated heterocycles. The summed E-state index contributed by atoms with van der Waals surface area (Å²) < 4.78 is 26.5. The Morgan fingerprint density at radius 3 is 2.37 bits per heavy atom. The number of nitrogens with zero attached hydrogens (tertiary/aromatic N) is 3. The van der Waals surface area contributed by atoms with Crippen LogP contribution in [0.3, 0.4) is 0 Å². The Hall–Kier alpha value is -3.31. The summed E-state index contributed by atoms with van der Waals surface area (Å²) in [5, 5.41) is 11.3. The Kier molecular flexibility index (Phi) is 7.09. The molecule has 2 amide bonds. The molecule has 2 aromatic carbocycles. The van der Waals surface area contributed by atoms with Crippen molar-refractivity contribution in [2.75, 3.05) is 32.7 Å². The summed E-state index contributed by atoms with van der Waals surface area (Å²) in [7, 11) is 0. The molecule has 0 saturated carbocycles. The zero-order valence-electron chi connectivity index (χ0n) is 16.4. The lowest BCUT2D eigenvalue weighted by atomic mass is 10.1. The van der Waals surface area contributed by atoms with Crippen LogP contribution in [0.15, 0.2) is 42.5 Å². The number of rotatable bonds is 6. The van der Waals surface area contributed by atoms with Crippen molar-refractivity contribution in [3.8, 4) is 6.07 Å². The lowest BCUT2D eigenvalue weighted by Gasteiger charge is -2.34. The van der Waals surface area contributed by atoms with Gasteiger partial charge >= 0.3 is 0 Å². The summed E-state index contributed by atoms with van der Waals surface area (Å²) in [4.78, 5) is 28.3. The van der Waals surface area contributed by atoms with E-state index in [2.05, 4.69) is 16.3 Å². The predicted molar refractivity (Wildman–Crippen MR) is 106 cm³/mol. The zero-order valence-corrected chi connectivity index (χ0v) is 16.4. The number of carbonyl (C=O) groups is 2. The summed E-state index contributed by atoms with van der Waals surface area (Å²) in [6.07, 6.45) is 0.115. The number of nitrogens with one attached hydrogen (secondary N) is 1. The number of piperazine rings is 1. The van der Waals surface area contributed by atoms with E-state index in [9.17, 15) is 18.4 Å². The standard InChI is InChI=1S/C22H22F2N4O2/c23-18-5-6-19(20(24)13-18)22(30)26-8-7-21(29)28-11-9-27(10-12-28)15-17-3-1-16(14-25)2-4-17/h1-6,13H,7-12,15H2,(H,26,30). The summed E-state index contributed by atoms with van der Waals surface area (Å²) >= 11 is 0. The van der Waals surface area contributed by atoms with E-state index in [-0.39, 0.29) is 24.4 Å². The summed E-state index contributed by atoms with van der Waals surface area (Å²) in [6.45, 7) is 3.50. The molecule has 0 aliphatic carbocycles. The summed E-state index contributed by atoms with van der Waals surface area (Å²) in [5.74, 6) is -2.43. The Morgan fingerprint density at radius 1 is 1.03 bits per heavy atom. The van der Waals surface area contributed by atoms with Crippen LogP contribution in [0.5, 0.6) is 0 Å². The molecule has 0 spiro atoms. The van der Waals surface area contributed by atoms with Crippen molar-refractivity contribution in [3.05, 3.63) is 70.8 Å². The van der Waals surface area contributed by atoms with Gasteiger partial charge in [-0.15, -0.1) is 0 Å². The molecule has 1 aliphatic heterocycles. The van der Waals surface area contributed by atoms with Crippen LogP contribution in [0.1, 0.15) is 27.9 Å². The van der Waals surface area contributed by atoms with Gasteiger partial charge < -0.3 is 10.2 Å². The van der Waals surface area contributed by atoms with E-state index in [1.165, 1.54) is 0 Å². The summed E-state index contributed by atoms with van der Waals surface area (Å²) in [6, 6.07) is 12.3. The van der Waals surface area contributed by atoms with Crippen LogP contribution >= 0.6 is 0 Å². The highest BCUT2D eigenvalue weighted by Gasteiger charge is 2.21. The third kappa shape index (κ3) is 5.61. The number of hydrogen-bond donors (Lipinski definition) is 1. The number of amides is 2. The van der Waals surface area contributed by atoms with Crippen LogP contribution in [-0.2, 0) is 11.3 Å². The Bertz CT molecular complexity index is 949. The van der Waals surface area contributed by atoms with Crippen molar-refractivity contribution in [1.82, 2.24) is 15.1 Å². The highest BCUT2D eigenvalue weighted by atomic mass is 19.1. The maximum atomic E-state index is 13.6. The minimum atomic E-state index is -0.933. The molecule has 0 bridgehead atoms. The van der Waals surface area contributed by atoms with Crippen LogP contribution in [-0.4, -0.2) is 54.3 Å². The lowest BCUT2D eigenvalue weighted by molar-refractivity contribution is -0.132. The molecule has 1 N–H and O–H groups in total. The first-order valence-corrected chi connectivity index (χ1v) is 9.68. The number of halogens is 2. The SMILES string of the molecule is N#Cc1ccc(CN2CCN(C(=O)CCNC(=O)c3ccc(F)cc3F)CC2)cc1. The quantitative estimate of drug-likeness (QED) is 0.790. The van der Waals surface area contributed by atoms with Gasteiger partial charge in [0, 0.05) is 51.8 Å². The number of hydrogen-bond acceptors (Lipinski definition) is 4. The molecular weight excluding hydrogens is 390 g/mol. The van der Waals surface area contributed by atoms with E-state index in [1.807, 2.05) is 12.1 Å². The first kappa shape index (κ1) is 21.4. The third-order valence-electron chi connectivity index (χ3n) is 5.01. The minimum Gasteiger partial charge on any atom is -0.351 e. The maximum absolute atomic E-state index is 13.6. The molecule has 0 atom stereocenters. The first-order valence-electron chi connectivity index (χ1n) is 9.68. The highest BCUT2D eigenvalue weighted by Crippen LogP contribution is 2.11. The molecule has 1 fully saturated rings. The van der Waals surface area contributed by atoms with Gasteiger partial charge in [0.05, 0.1) is 17.2 Å². The predicted octanol–water partition coefficient (Wildman–Crippen LogP) is 2.30. The molecule has 30 heavy (non-hydrogen) atoms. The second kappa shape index (κ2) is 9.94. The topological polar surface area (TPSA) is 76.4 Å². The largest absolute Gasteiger partial charge is 0.351 e. The van der Waals surface area contributed by atoms with E-state index in [1.54, 1.807) is 17.0 Å². The second-order valence-corrected chi connectivity index (χ2v) is 7.10. The van der Waals surface area contributed by atoms with E-state index in [4.69, 9.17) is 5.26 Å². The molecule has 1 aliphatic rings. The highest BCUT2D eigenvalue weighted by molar-refractivity contribution is 5.94. The van der Waals surface area contributed by atoms with E-state index >= 15 is 0 Å². The van der Waals surface area contributed by atoms with Crippen molar-refractivity contribution in [2.24, 2.45) is 0 Å². The Labute approximate surface area is 173 Å². The van der Waals surface area contributed by atoms with Gasteiger partial charge in [-0.25, -0.2) is 8.78 Å². The maximum Gasteiger partial charge on any atom is 0.254 e. The fraction of sp³-hybridized carbons (Fsp3) is 0.318. The fourth-order valence-electron chi connectivity index (χ4n) is 3.31. The number of benzene rings is 2. The Morgan fingerprint density at radius 2 is 1.73 bits per heavy atom. The fourth-order valence-corrected chi connectivity index (χ4v) is 3.31. The van der Waals surface area contributed by atoms with Crippen LogP contribution in [0.2, 0.25) is 0 Å². The second-order valence-electron chi connectivity index (χ2n) is 7.10. The smallest absolute Gasteiger partial charge is 0.254 e. The normalized spacial score (nSPS) is 14.2. The van der Waals surface area contributed by atoms with Crippen molar-refractivity contribution >= 4 is 11.8 Å². The van der Waals surface area contributed by atoms with E-state index in [0.29, 0.717) is 24.7 Å². The molecule has 0 aromatic heterocycles. The van der Waals surface area contributed by atoms with Crippen molar-refractivity contribution in [1.29, 1.82) is 5.26 Å². The number of nitriles is 1. The Balaban J connectivity index is 1.39.